The molecule has 0 saturated carbocycles. The number of hydrogen-bond acceptors (Lipinski definition) is 9. The summed E-state index contributed by atoms with van der Waals surface area (Å²) >= 11 is 0. The van der Waals surface area contributed by atoms with Gasteiger partial charge in [0.05, 0.1) is 35.0 Å². The van der Waals surface area contributed by atoms with Crippen molar-refractivity contribution in [3.8, 4) is 17.1 Å². The van der Waals surface area contributed by atoms with E-state index in [2.05, 4.69) is 109 Å². The van der Waals surface area contributed by atoms with Crippen LogP contribution in [0.3, 0.4) is 0 Å². The average molecular weight is 901 g/mol. The van der Waals surface area contributed by atoms with Gasteiger partial charge in [-0.15, -0.1) is 15.8 Å². The smallest absolute Gasteiger partial charge is 0.335 e. The molecule has 2 aromatic carbocycles. The Labute approximate surface area is 393 Å². The minimum absolute atomic E-state index is 0.0276. The first-order valence-corrected chi connectivity index (χ1v) is 23.8. The molecule has 1 aromatic heterocycles. The van der Waals surface area contributed by atoms with Crippen LogP contribution in [-0.2, 0) is 4.74 Å². The molecule has 0 bridgehead atoms. The fourth-order valence-corrected chi connectivity index (χ4v) is 6.28. The number of rotatable bonds is 22. The number of ether oxygens (including phenoxy) is 2. The van der Waals surface area contributed by atoms with Gasteiger partial charge in [0.15, 0.2) is 0 Å². The summed E-state index contributed by atoms with van der Waals surface area (Å²) in [5, 5.41) is 31.1. The lowest BCUT2D eigenvalue weighted by molar-refractivity contribution is -0.273. The standard InChI is InChI=1S/C33H46N4O6.C16H27N.C5H12/c1-7-8-9-10-11-18-29(43-22(2)3)25(6)21-42-30-20-28(31-23(4)14-12-15-24(31)5)34-33(35-30)36-37(40,41)27-17-13-16-26(19-27)32(38)39;1-8-10-15(14(4)17-11-9-2)12-13(3)16(5,6)7;1-4-5(2)3/h12-17,19-20,22,25,29,40-41H,7-11,18,21H2,1-6H3,(H-,34,35,36,38,39);9-12H,8H2,1-7H3;5H,4H2,1-3H3/p+1/b;11-9-,13-12+,15-10-,17-14-;. The number of aromatic carboxylic acids is 1. The maximum absolute atomic E-state index is 11.4. The molecule has 0 fully saturated rings. The van der Waals surface area contributed by atoms with Gasteiger partial charge in [0.25, 0.3) is 5.95 Å². The van der Waals surface area contributed by atoms with Crippen molar-refractivity contribution in [3.05, 3.63) is 101 Å². The van der Waals surface area contributed by atoms with Crippen LogP contribution in [0.1, 0.15) is 170 Å². The van der Waals surface area contributed by atoms with Crippen molar-refractivity contribution >= 4 is 23.3 Å². The van der Waals surface area contributed by atoms with Gasteiger partial charge >= 0.3 is 5.97 Å². The number of carbonyl (C=O) groups is 1. The van der Waals surface area contributed by atoms with E-state index in [9.17, 15) is 20.3 Å². The second-order valence-corrected chi connectivity index (χ2v) is 18.6. The Morgan fingerprint density at radius 1 is 0.908 bits per heavy atom. The van der Waals surface area contributed by atoms with E-state index in [4.69, 9.17) is 9.47 Å². The van der Waals surface area contributed by atoms with Crippen molar-refractivity contribution < 1.29 is 29.8 Å². The number of aryl methyl sites for hydroxylation is 2. The minimum atomic E-state index is -1.87. The highest BCUT2D eigenvalue weighted by Gasteiger charge is 2.31. The van der Waals surface area contributed by atoms with E-state index in [0.29, 0.717) is 12.3 Å². The van der Waals surface area contributed by atoms with Gasteiger partial charge in [-0.25, -0.2) is 9.78 Å². The fraction of sp³-hybridized carbons (Fsp3) is 0.556. The van der Waals surface area contributed by atoms with Gasteiger partial charge < -0.3 is 14.6 Å². The molecule has 2 unspecified atom stereocenters. The van der Waals surface area contributed by atoms with Crippen molar-refractivity contribution in [2.45, 2.75) is 174 Å². The first kappa shape index (κ1) is 58.3. The minimum Gasteiger partial charge on any atom is -0.478 e. The quantitative estimate of drug-likeness (QED) is 0.0254. The number of aromatic nitrogens is 2. The predicted molar refractivity (Wildman–Crippen MR) is 272 cm³/mol. The van der Waals surface area contributed by atoms with Gasteiger partial charge in [0, 0.05) is 41.6 Å². The Morgan fingerprint density at radius 2 is 1.52 bits per heavy atom. The van der Waals surface area contributed by atoms with E-state index in [0.717, 1.165) is 53.6 Å². The maximum Gasteiger partial charge on any atom is 0.335 e. The van der Waals surface area contributed by atoms with Crippen molar-refractivity contribution in [1.82, 2.24) is 14.9 Å². The third kappa shape index (κ3) is 22.4. The summed E-state index contributed by atoms with van der Waals surface area (Å²) in [5.74, 6) is -0.0875. The molecule has 0 aliphatic carbocycles. The number of nitrogens with zero attached hydrogens (tertiary/aromatic N) is 4. The summed E-state index contributed by atoms with van der Waals surface area (Å²) in [4.78, 5) is 23.0. The van der Waals surface area contributed by atoms with E-state index in [-0.39, 0.29) is 46.6 Å². The lowest BCUT2D eigenvalue weighted by Gasteiger charge is -2.26. The topological polar surface area (TPSA) is 146 Å². The van der Waals surface area contributed by atoms with Crippen LogP contribution in [0.25, 0.3) is 11.3 Å². The van der Waals surface area contributed by atoms with Gasteiger partial charge in [-0.3, -0.25) is 4.99 Å². The molecule has 11 nitrogen and oxygen atoms in total. The molecular weight excluding hydrogens is 815 g/mol. The van der Waals surface area contributed by atoms with Crippen LogP contribution in [0.5, 0.6) is 5.88 Å². The predicted octanol–water partition coefficient (Wildman–Crippen LogP) is 15.1. The molecule has 11 heteroatoms. The molecule has 65 heavy (non-hydrogen) atoms. The van der Waals surface area contributed by atoms with Crippen LogP contribution >= 0.6 is 0 Å². The highest BCUT2D eigenvalue weighted by molar-refractivity contribution is 6.01. The van der Waals surface area contributed by atoms with E-state index >= 15 is 0 Å². The Balaban J connectivity index is 0.000000795. The molecular formula is C54H86N5O6+. The second-order valence-electron chi connectivity index (χ2n) is 18.6. The lowest BCUT2D eigenvalue weighted by Crippen LogP contribution is -2.48. The normalized spacial score (nSPS) is 13.6. The van der Waals surface area contributed by atoms with Gasteiger partial charge in [-0.1, -0.05) is 149 Å². The van der Waals surface area contributed by atoms with Crippen molar-refractivity contribution in [2.24, 2.45) is 22.2 Å². The summed E-state index contributed by atoms with van der Waals surface area (Å²) in [5.41, 5.74) is 9.57. The highest BCUT2D eigenvalue weighted by atomic mass is 16.9. The lowest BCUT2D eigenvalue weighted by atomic mass is 9.86. The second kappa shape index (κ2) is 29.8. The molecule has 362 valence electrons. The molecule has 0 radical (unpaired) electrons. The maximum atomic E-state index is 11.4. The molecule has 0 spiro atoms. The monoisotopic (exact) mass is 901 g/mol. The van der Waals surface area contributed by atoms with Crippen LogP contribution in [0.2, 0.25) is 0 Å². The van der Waals surface area contributed by atoms with E-state index < -0.39 is 10.9 Å². The Kier molecular flexibility index (Phi) is 26.7. The number of unbranched alkanes of at least 4 members (excludes halogenated alkanes) is 4. The number of anilines is 1. The third-order valence-electron chi connectivity index (χ3n) is 10.9. The summed E-state index contributed by atoms with van der Waals surface area (Å²) in [6.07, 6.45) is 17.6. The molecule has 3 rings (SSSR count). The van der Waals surface area contributed by atoms with Gasteiger partial charge in [-0.05, 0) is 95.4 Å². The van der Waals surface area contributed by atoms with Gasteiger partial charge in [0.1, 0.15) is 0 Å². The number of quaternary nitrogens is 1. The van der Waals surface area contributed by atoms with Crippen molar-refractivity contribution in [2.75, 3.05) is 12.0 Å². The molecule has 2 atom stereocenters. The zero-order chi connectivity index (χ0) is 49.3. The number of aliphatic imine (C=N–C) groups is 1. The SMILES string of the molecule is CCC(C)C.CCCCCCCC(OC(C)C)C(C)COc1cc(-c2c(C)cccc2C)nc(N[N+](O)(O)c2cccc(C(=O)O)c2)n1.C\C=C/N=C(C)\C(=C/CC)\C=C(/C)C(C)(C)C. The molecule has 1 heterocycles. The molecule has 0 saturated heterocycles. The summed E-state index contributed by atoms with van der Waals surface area (Å²) < 4.78 is 12.5. The number of benzene rings is 2. The van der Waals surface area contributed by atoms with E-state index in [1.807, 2.05) is 65.1 Å². The first-order chi connectivity index (χ1) is 30.5. The number of nitrogens with one attached hydrogen (secondary N) is 1. The molecule has 0 aliphatic rings. The van der Waals surface area contributed by atoms with Crippen LogP contribution in [-0.4, -0.2) is 56.0 Å². The van der Waals surface area contributed by atoms with Gasteiger partial charge in [-0.2, -0.15) is 4.98 Å². The zero-order valence-corrected chi connectivity index (χ0v) is 43.0. The van der Waals surface area contributed by atoms with Crippen LogP contribution in [0, 0.1) is 31.1 Å². The van der Waals surface area contributed by atoms with Gasteiger partial charge in [0.2, 0.25) is 11.6 Å². The number of allylic oxidation sites excluding steroid dienone is 5. The summed E-state index contributed by atoms with van der Waals surface area (Å²) in [6.45, 7) is 34.4. The third-order valence-corrected chi connectivity index (χ3v) is 10.9. The van der Waals surface area contributed by atoms with E-state index in [1.165, 1.54) is 61.4 Å². The average Bonchev–Trinajstić information content (AvgIpc) is 3.23. The molecule has 3 aromatic rings. The molecule has 4 N–H and O–H groups in total. The van der Waals surface area contributed by atoms with E-state index in [1.54, 1.807) is 6.07 Å². The Bertz CT molecular complexity index is 1970. The molecule has 0 amide bonds. The first-order valence-electron chi connectivity index (χ1n) is 23.8. The Hall–Kier alpha value is -4.68. The van der Waals surface area contributed by atoms with Crippen molar-refractivity contribution in [3.63, 3.8) is 0 Å². The fourth-order valence-electron chi connectivity index (χ4n) is 6.28. The number of hydrogen-bond donors (Lipinski definition) is 4. The summed E-state index contributed by atoms with van der Waals surface area (Å²) in [6, 6.07) is 13.0. The van der Waals surface area contributed by atoms with Crippen molar-refractivity contribution in [1.29, 1.82) is 0 Å². The largest absolute Gasteiger partial charge is 0.478 e. The summed E-state index contributed by atoms with van der Waals surface area (Å²) in [7, 11) is 0. The molecule has 0 aliphatic heterocycles. The highest BCUT2D eigenvalue weighted by Crippen LogP contribution is 2.31. The van der Waals surface area contributed by atoms with Crippen LogP contribution in [0.15, 0.2) is 89.1 Å². The number of carboxylic acids is 1. The van der Waals surface area contributed by atoms with Crippen LogP contribution in [0.4, 0.5) is 11.6 Å². The zero-order valence-electron chi connectivity index (χ0n) is 43.0. The Morgan fingerprint density at radius 3 is 2.06 bits per heavy atom. The van der Waals surface area contributed by atoms with Crippen LogP contribution < -0.4 is 15.1 Å². The number of carboxylic acid groups (broad SMARTS) is 1.